The van der Waals surface area contributed by atoms with Gasteiger partial charge in [-0.2, -0.15) is 4.31 Å². The predicted molar refractivity (Wildman–Crippen MR) is 159 cm³/mol. The van der Waals surface area contributed by atoms with Gasteiger partial charge in [-0.3, -0.25) is 9.69 Å². The van der Waals surface area contributed by atoms with E-state index in [2.05, 4.69) is 44.7 Å². The van der Waals surface area contributed by atoms with Gasteiger partial charge >= 0.3 is 0 Å². The molecule has 208 valence electrons. The van der Waals surface area contributed by atoms with E-state index in [4.69, 9.17) is 4.98 Å². The number of hydrogen-bond acceptors (Lipinski definition) is 6. The summed E-state index contributed by atoms with van der Waals surface area (Å²) in [6.45, 7) is 12.5. The number of aryl methyl sites for hydroxylation is 2. The number of thiazole rings is 1. The van der Waals surface area contributed by atoms with Crippen molar-refractivity contribution in [2.75, 3.05) is 44.2 Å². The summed E-state index contributed by atoms with van der Waals surface area (Å²) in [6.07, 6.45) is 3.90. The van der Waals surface area contributed by atoms with Gasteiger partial charge in [-0.05, 0) is 81.2 Å². The standard InChI is InChI=1S/C28H38N4O3S2.ClH/c1-5-30(6-2)17-18-32(28-29-25-20-21(3)19-22(4)26(25)36-28)27(33)23-11-13-24(14-12-23)37(34,35)31-15-9-7-8-10-16-31;/h11-14,19-20H,5-10,15-18H2,1-4H3;1H. The molecule has 1 fully saturated rings. The Morgan fingerprint density at radius 3 is 2.21 bits per heavy atom. The van der Waals surface area contributed by atoms with Crippen LogP contribution in [-0.4, -0.2) is 67.8 Å². The topological polar surface area (TPSA) is 73.8 Å². The predicted octanol–water partition coefficient (Wildman–Crippen LogP) is 5.89. The van der Waals surface area contributed by atoms with Crippen LogP contribution in [0.25, 0.3) is 10.2 Å². The van der Waals surface area contributed by atoms with Crippen LogP contribution in [0.2, 0.25) is 0 Å². The summed E-state index contributed by atoms with van der Waals surface area (Å²) >= 11 is 1.53. The van der Waals surface area contributed by atoms with Crippen molar-refractivity contribution in [2.24, 2.45) is 0 Å². The van der Waals surface area contributed by atoms with Gasteiger partial charge in [-0.15, -0.1) is 12.4 Å². The quantitative estimate of drug-likeness (QED) is 0.317. The highest BCUT2D eigenvalue weighted by atomic mass is 35.5. The molecule has 10 heteroatoms. The Morgan fingerprint density at radius 2 is 1.61 bits per heavy atom. The van der Waals surface area contributed by atoms with E-state index >= 15 is 0 Å². The lowest BCUT2D eigenvalue weighted by molar-refractivity contribution is 0.0983. The van der Waals surface area contributed by atoms with Crippen molar-refractivity contribution in [1.29, 1.82) is 0 Å². The Kier molecular flexibility index (Phi) is 10.7. The lowest BCUT2D eigenvalue weighted by Gasteiger charge is -2.25. The fraction of sp³-hybridized carbons (Fsp3) is 0.500. The summed E-state index contributed by atoms with van der Waals surface area (Å²) in [6, 6.07) is 10.6. The Balaban J connectivity index is 0.00000400. The number of rotatable bonds is 9. The third-order valence-electron chi connectivity index (χ3n) is 7.12. The number of carbonyl (C=O) groups excluding carboxylic acids is 1. The number of carbonyl (C=O) groups is 1. The maximum Gasteiger partial charge on any atom is 0.260 e. The molecule has 1 aliphatic rings. The molecule has 0 N–H and O–H groups in total. The van der Waals surface area contributed by atoms with Crippen molar-refractivity contribution < 1.29 is 13.2 Å². The molecule has 2 aromatic carbocycles. The molecule has 0 bridgehead atoms. The molecule has 0 radical (unpaired) electrons. The molecule has 38 heavy (non-hydrogen) atoms. The van der Waals surface area contributed by atoms with E-state index in [0.717, 1.165) is 66.7 Å². The number of amides is 1. The average molecular weight is 579 g/mol. The zero-order valence-corrected chi connectivity index (χ0v) is 25.2. The third-order valence-corrected chi connectivity index (χ3v) is 10.3. The van der Waals surface area contributed by atoms with Crippen LogP contribution >= 0.6 is 23.7 Å². The monoisotopic (exact) mass is 578 g/mol. The first kappa shape index (κ1) is 30.5. The zero-order chi connectivity index (χ0) is 26.6. The first-order chi connectivity index (χ1) is 17.7. The second-order valence-corrected chi connectivity index (χ2v) is 12.7. The van der Waals surface area contributed by atoms with Gasteiger partial charge in [0, 0.05) is 31.7 Å². The fourth-order valence-corrected chi connectivity index (χ4v) is 7.46. The van der Waals surface area contributed by atoms with Crippen molar-refractivity contribution >= 4 is 55.0 Å². The third kappa shape index (κ3) is 6.74. The number of hydrogen-bond donors (Lipinski definition) is 0. The molecule has 1 aromatic heterocycles. The smallest absolute Gasteiger partial charge is 0.260 e. The van der Waals surface area contributed by atoms with Gasteiger partial charge in [0.05, 0.1) is 15.1 Å². The summed E-state index contributed by atoms with van der Waals surface area (Å²) in [4.78, 5) is 22.9. The summed E-state index contributed by atoms with van der Waals surface area (Å²) in [5.41, 5.74) is 3.65. The van der Waals surface area contributed by atoms with Gasteiger partial charge in [-0.1, -0.05) is 44.1 Å². The molecule has 0 atom stereocenters. The lowest BCUT2D eigenvalue weighted by atomic mass is 10.1. The molecular weight excluding hydrogens is 540 g/mol. The van der Waals surface area contributed by atoms with E-state index < -0.39 is 10.0 Å². The molecule has 7 nitrogen and oxygen atoms in total. The van der Waals surface area contributed by atoms with Crippen LogP contribution in [0.15, 0.2) is 41.3 Å². The minimum absolute atomic E-state index is 0. The maximum absolute atomic E-state index is 13.8. The van der Waals surface area contributed by atoms with Crippen molar-refractivity contribution in [3.05, 3.63) is 53.1 Å². The largest absolute Gasteiger partial charge is 0.302 e. The Bertz CT molecular complexity index is 1330. The second-order valence-electron chi connectivity index (χ2n) is 9.75. The molecular formula is C28H39ClN4O3S2. The molecule has 1 amide bonds. The number of likely N-dealkylation sites (N-methyl/N-ethyl adjacent to an activating group) is 1. The number of anilines is 1. The minimum atomic E-state index is -3.56. The van der Waals surface area contributed by atoms with Gasteiger partial charge < -0.3 is 4.90 Å². The Hall–Kier alpha value is -2.04. The van der Waals surface area contributed by atoms with E-state index in [1.165, 1.54) is 11.3 Å². The average Bonchev–Trinajstić information content (AvgIpc) is 3.11. The van der Waals surface area contributed by atoms with Crippen molar-refractivity contribution in [3.63, 3.8) is 0 Å². The number of aromatic nitrogens is 1. The SMILES string of the molecule is CCN(CC)CCN(C(=O)c1ccc(S(=O)(=O)N2CCCCCC2)cc1)c1nc2cc(C)cc(C)c2s1.Cl. The van der Waals surface area contributed by atoms with Crippen LogP contribution in [0.4, 0.5) is 5.13 Å². The van der Waals surface area contributed by atoms with Crippen LogP contribution in [0.5, 0.6) is 0 Å². The highest BCUT2D eigenvalue weighted by Crippen LogP contribution is 2.33. The zero-order valence-electron chi connectivity index (χ0n) is 22.8. The number of sulfonamides is 1. The molecule has 4 rings (SSSR count). The van der Waals surface area contributed by atoms with E-state index in [-0.39, 0.29) is 23.2 Å². The summed E-state index contributed by atoms with van der Waals surface area (Å²) in [5, 5.41) is 0.669. The van der Waals surface area contributed by atoms with Crippen LogP contribution in [0, 0.1) is 13.8 Å². The molecule has 0 saturated carbocycles. The second kappa shape index (κ2) is 13.3. The molecule has 2 heterocycles. The van der Waals surface area contributed by atoms with Gasteiger partial charge in [0.1, 0.15) is 0 Å². The highest BCUT2D eigenvalue weighted by molar-refractivity contribution is 7.89. The van der Waals surface area contributed by atoms with Gasteiger partial charge in [0.2, 0.25) is 10.0 Å². The van der Waals surface area contributed by atoms with E-state index in [1.54, 1.807) is 33.5 Å². The van der Waals surface area contributed by atoms with Crippen molar-refractivity contribution in [2.45, 2.75) is 58.3 Å². The van der Waals surface area contributed by atoms with Crippen molar-refractivity contribution in [3.8, 4) is 0 Å². The number of nitrogens with zero attached hydrogens (tertiary/aromatic N) is 4. The molecule has 1 saturated heterocycles. The first-order valence-corrected chi connectivity index (χ1v) is 15.5. The number of halogens is 1. The molecule has 3 aromatic rings. The Labute approximate surface area is 237 Å². The molecule has 0 spiro atoms. The van der Waals surface area contributed by atoms with E-state index in [9.17, 15) is 13.2 Å². The minimum Gasteiger partial charge on any atom is -0.302 e. The maximum atomic E-state index is 13.8. The number of benzene rings is 2. The van der Waals surface area contributed by atoms with Crippen LogP contribution in [-0.2, 0) is 10.0 Å². The van der Waals surface area contributed by atoms with Gasteiger partial charge in [0.15, 0.2) is 5.13 Å². The van der Waals surface area contributed by atoms with Crippen LogP contribution in [0.1, 0.15) is 61.0 Å². The molecule has 1 aliphatic heterocycles. The lowest BCUT2D eigenvalue weighted by Crippen LogP contribution is -2.39. The van der Waals surface area contributed by atoms with Crippen LogP contribution < -0.4 is 4.90 Å². The molecule has 0 aliphatic carbocycles. The van der Waals surface area contributed by atoms with Gasteiger partial charge in [0.25, 0.3) is 5.91 Å². The van der Waals surface area contributed by atoms with E-state index in [1.807, 2.05) is 0 Å². The first-order valence-electron chi connectivity index (χ1n) is 13.3. The fourth-order valence-electron chi connectivity index (χ4n) is 4.90. The number of fused-ring (bicyclic) bond motifs is 1. The van der Waals surface area contributed by atoms with Gasteiger partial charge in [-0.25, -0.2) is 13.4 Å². The summed E-state index contributed by atoms with van der Waals surface area (Å²) in [7, 11) is -3.56. The molecule has 0 unspecified atom stereocenters. The van der Waals surface area contributed by atoms with Crippen molar-refractivity contribution in [1.82, 2.24) is 14.2 Å². The summed E-state index contributed by atoms with van der Waals surface area (Å²) in [5.74, 6) is -0.167. The van der Waals surface area contributed by atoms with E-state index in [0.29, 0.717) is 30.3 Å². The normalized spacial score (nSPS) is 14.9. The highest BCUT2D eigenvalue weighted by Gasteiger charge is 2.27. The Morgan fingerprint density at radius 1 is 0.974 bits per heavy atom. The summed E-state index contributed by atoms with van der Waals surface area (Å²) < 4.78 is 29.1. The van der Waals surface area contributed by atoms with Crippen LogP contribution in [0.3, 0.4) is 0 Å².